The van der Waals surface area contributed by atoms with Crippen molar-refractivity contribution in [3.63, 3.8) is 0 Å². The Hall–Kier alpha value is -3.92. The minimum atomic E-state index is -0.485. The Morgan fingerprint density at radius 1 is 0.909 bits per heavy atom. The molecule has 1 atom stereocenters. The number of aryl methyl sites for hydroxylation is 1. The quantitative estimate of drug-likeness (QED) is 0.459. The first-order valence-corrected chi connectivity index (χ1v) is 11.3. The second kappa shape index (κ2) is 8.55. The van der Waals surface area contributed by atoms with E-state index >= 15 is 0 Å². The van der Waals surface area contributed by atoms with Gasteiger partial charge in [0, 0.05) is 40.4 Å². The summed E-state index contributed by atoms with van der Waals surface area (Å²) in [5, 5.41) is 20.8. The van der Waals surface area contributed by atoms with Gasteiger partial charge in [-0.15, -0.1) is 0 Å². The van der Waals surface area contributed by atoms with Crippen LogP contribution < -0.4 is 4.90 Å². The molecular weight excluding hydrogens is 408 g/mol. The van der Waals surface area contributed by atoms with E-state index in [4.69, 9.17) is 0 Å². The lowest BCUT2D eigenvalue weighted by Gasteiger charge is -2.41. The SMILES string of the molecule is Cc1ccc([C@H]2C(=C(O)c3ccccc3)C(=N)N(c3ccccc3)C3=C2C(=O)CCC3)cc1. The van der Waals surface area contributed by atoms with E-state index < -0.39 is 5.92 Å². The summed E-state index contributed by atoms with van der Waals surface area (Å²) in [5.41, 5.74) is 5.53. The van der Waals surface area contributed by atoms with Gasteiger partial charge < -0.3 is 5.11 Å². The van der Waals surface area contributed by atoms with Crippen LogP contribution >= 0.6 is 0 Å². The van der Waals surface area contributed by atoms with E-state index in [2.05, 4.69) is 0 Å². The van der Waals surface area contributed by atoms with Gasteiger partial charge in [-0.25, -0.2) is 0 Å². The minimum absolute atomic E-state index is 0.0389. The molecule has 2 aliphatic rings. The van der Waals surface area contributed by atoms with Crippen molar-refractivity contribution >= 4 is 23.1 Å². The number of nitrogens with zero attached hydrogens (tertiary/aromatic N) is 1. The van der Waals surface area contributed by atoms with Gasteiger partial charge in [0.15, 0.2) is 5.78 Å². The Bertz CT molecular complexity index is 1270. The van der Waals surface area contributed by atoms with Crippen LogP contribution in [0.15, 0.2) is 102 Å². The van der Waals surface area contributed by atoms with Gasteiger partial charge in [-0.3, -0.25) is 15.1 Å². The summed E-state index contributed by atoms with van der Waals surface area (Å²) < 4.78 is 0. The lowest BCUT2D eigenvalue weighted by molar-refractivity contribution is -0.116. The molecule has 164 valence electrons. The summed E-state index contributed by atoms with van der Waals surface area (Å²) in [4.78, 5) is 15.3. The van der Waals surface area contributed by atoms with E-state index in [-0.39, 0.29) is 17.4 Å². The van der Waals surface area contributed by atoms with Crippen molar-refractivity contribution in [1.29, 1.82) is 5.41 Å². The van der Waals surface area contributed by atoms with E-state index in [1.54, 1.807) is 0 Å². The van der Waals surface area contributed by atoms with E-state index in [0.717, 1.165) is 35.4 Å². The topological polar surface area (TPSA) is 64.4 Å². The van der Waals surface area contributed by atoms with Crippen LogP contribution in [0.25, 0.3) is 5.76 Å². The lowest BCUT2D eigenvalue weighted by atomic mass is 9.73. The second-order valence-corrected chi connectivity index (χ2v) is 8.63. The summed E-state index contributed by atoms with van der Waals surface area (Å²) in [6, 6.07) is 27.0. The highest BCUT2D eigenvalue weighted by atomic mass is 16.3. The van der Waals surface area contributed by atoms with Gasteiger partial charge in [-0.05, 0) is 37.5 Å². The maximum absolute atomic E-state index is 13.4. The monoisotopic (exact) mass is 434 g/mol. The molecule has 0 radical (unpaired) electrons. The molecule has 3 aromatic rings. The number of Topliss-reactive ketones (excluding diaryl/α,β-unsaturated/α-hetero) is 1. The standard InChI is InChI=1S/C29H26N2O2/c1-19-15-17-20(18-16-19)25-26-23(13-8-14-24(26)32)31(22-11-6-3-7-12-22)29(30)27(25)28(33)21-9-4-2-5-10-21/h2-7,9-12,15-18,25,30,33H,8,13-14H2,1H3/t25-/m1/s1. The predicted molar refractivity (Wildman–Crippen MR) is 132 cm³/mol. The van der Waals surface area contributed by atoms with E-state index in [1.165, 1.54) is 0 Å². The first kappa shape index (κ1) is 21.0. The van der Waals surface area contributed by atoms with Crippen molar-refractivity contribution in [2.75, 3.05) is 4.90 Å². The van der Waals surface area contributed by atoms with Crippen molar-refractivity contribution in [3.05, 3.63) is 118 Å². The largest absolute Gasteiger partial charge is 0.507 e. The molecule has 1 aliphatic carbocycles. The molecule has 0 unspecified atom stereocenters. The second-order valence-electron chi connectivity index (χ2n) is 8.63. The van der Waals surface area contributed by atoms with Crippen LogP contribution in [0.1, 0.15) is 41.9 Å². The molecule has 0 amide bonds. The number of anilines is 1. The van der Waals surface area contributed by atoms with Crippen LogP contribution in [-0.4, -0.2) is 16.7 Å². The van der Waals surface area contributed by atoms with Crippen LogP contribution in [0, 0.1) is 12.3 Å². The highest BCUT2D eigenvalue weighted by Crippen LogP contribution is 2.47. The normalized spacial score (nSPS) is 20.0. The fourth-order valence-corrected chi connectivity index (χ4v) is 4.90. The van der Waals surface area contributed by atoms with Crippen molar-refractivity contribution in [2.45, 2.75) is 32.1 Å². The third-order valence-electron chi connectivity index (χ3n) is 6.48. The van der Waals surface area contributed by atoms with Crippen LogP contribution in [0.3, 0.4) is 0 Å². The molecule has 0 spiro atoms. The molecule has 1 heterocycles. The number of hydrogen-bond donors (Lipinski definition) is 2. The van der Waals surface area contributed by atoms with Gasteiger partial charge in [0.05, 0.1) is 0 Å². The highest BCUT2D eigenvalue weighted by Gasteiger charge is 2.43. The number of aliphatic hydroxyl groups excluding tert-OH is 1. The molecule has 0 bridgehead atoms. The molecule has 1 aliphatic heterocycles. The van der Waals surface area contributed by atoms with E-state index in [0.29, 0.717) is 23.1 Å². The predicted octanol–water partition coefficient (Wildman–Crippen LogP) is 6.55. The van der Waals surface area contributed by atoms with Gasteiger partial charge in [-0.1, -0.05) is 78.4 Å². The average molecular weight is 435 g/mol. The average Bonchev–Trinajstić information content (AvgIpc) is 2.85. The molecule has 5 rings (SSSR count). The number of para-hydroxylation sites is 1. The molecule has 33 heavy (non-hydrogen) atoms. The van der Waals surface area contributed by atoms with Crippen molar-refractivity contribution < 1.29 is 9.90 Å². The fourth-order valence-electron chi connectivity index (χ4n) is 4.90. The molecule has 0 fully saturated rings. The zero-order chi connectivity index (χ0) is 22.9. The smallest absolute Gasteiger partial charge is 0.161 e. The minimum Gasteiger partial charge on any atom is -0.507 e. The third kappa shape index (κ3) is 3.68. The maximum atomic E-state index is 13.4. The van der Waals surface area contributed by atoms with Gasteiger partial charge in [0.25, 0.3) is 0 Å². The van der Waals surface area contributed by atoms with Crippen molar-refractivity contribution in [1.82, 2.24) is 0 Å². The van der Waals surface area contributed by atoms with E-state index in [9.17, 15) is 15.3 Å². The molecule has 2 N–H and O–H groups in total. The number of ketones is 1. The first-order chi connectivity index (χ1) is 16.1. The maximum Gasteiger partial charge on any atom is 0.161 e. The van der Waals surface area contributed by atoms with Gasteiger partial charge >= 0.3 is 0 Å². The molecule has 0 aromatic heterocycles. The van der Waals surface area contributed by atoms with Crippen LogP contribution in [-0.2, 0) is 4.79 Å². The molecule has 0 saturated heterocycles. The van der Waals surface area contributed by atoms with Crippen molar-refractivity contribution in [3.8, 4) is 0 Å². The van der Waals surface area contributed by atoms with Gasteiger partial charge in [-0.2, -0.15) is 0 Å². The Balaban J connectivity index is 1.83. The summed E-state index contributed by atoms with van der Waals surface area (Å²) in [7, 11) is 0. The lowest BCUT2D eigenvalue weighted by Crippen LogP contribution is -2.42. The van der Waals surface area contributed by atoms with E-state index in [1.807, 2.05) is 96.8 Å². The molecule has 4 heteroatoms. The van der Waals surface area contributed by atoms with Gasteiger partial charge in [0.1, 0.15) is 11.6 Å². The summed E-state index contributed by atoms with van der Waals surface area (Å²) in [5.74, 6) is -0.145. The van der Waals surface area contributed by atoms with Gasteiger partial charge in [0.2, 0.25) is 0 Å². The van der Waals surface area contributed by atoms with Crippen LogP contribution in [0.5, 0.6) is 0 Å². The number of benzene rings is 3. The summed E-state index contributed by atoms with van der Waals surface area (Å²) >= 11 is 0. The zero-order valence-electron chi connectivity index (χ0n) is 18.6. The number of nitrogens with one attached hydrogen (secondary N) is 1. The summed E-state index contributed by atoms with van der Waals surface area (Å²) in [6.45, 7) is 2.03. The Labute approximate surface area is 194 Å². The molecule has 3 aromatic carbocycles. The van der Waals surface area contributed by atoms with Crippen LogP contribution in [0.2, 0.25) is 0 Å². The van der Waals surface area contributed by atoms with Crippen molar-refractivity contribution in [2.24, 2.45) is 0 Å². The Kier molecular flexibility index (Phi) is 5.43. The number of allylic oxidation sites excluding steroid dienone is 2. The number of carbonyl (C=O) groups is 1. The zero-order valence-corrected chi connectivity index (χ0v) is 18.6. The molecule has 4 nitrogen and oxygen atoms in total. The van der Waals surface area contributed by atoms with Crippen LogP contribution in [0.4, 0.5) is 5.69 Å². The fraction of sp³-hybridized carbons (Fsp3) is 0.172. The number of hydrogen-bond acceptors (Lipinski definition) is 3. The number of amidine groups is 1. The Morgan fingerprint density at radius 3 is 2.21 bits per heavy atom. The summed E-state index contributed by atoms with van der Waals surface area (Å²) in [6.07, 6.45) is 1.97. The number of carbonyl (C=O) groups excluding carboxylic acids is 1. The highest BCUT2D eigenvalue weighted by molar-refractivity contribution is 6.19. The Morgan fingerprint density at radius 2 is 1.55 bits per heavy atom. The first-order valence-electron chi connectivity index (χ1n) is 11.3. The molecular formula is C29H26N2O2. The molecule has 0 saturated carbocycles. The number of rotatable bonds is 3. The number of aliphatic hydroxyl groups is 1. The third-order valence-corrected chi connectivity index (χ3v) is 6.48.